The number of phenolic OH excluding ortho intramolecular Hbond substituents is 1. The number of ether oxygens (including phenoxy) is 2. The summed E-state index contributed by atoms with van der Waals surface area (Å²) in [5.74, 6) is -2.01. The van der Waals surface area contributed by atoms with Crippen molar-refractivity contribution in [2.75, 3.05) is 20.3 Å². The van der Waals surface area contributed by atoms with E-state index in [0.717, 1.165) is 24.3 Å². The van der Waals surface area contributed by atoms with E-state index in [9.17, 15) is 32.7 Å². The maximum atomic E-state index is 13.3. The van der Waals surface area contributed by atoms with Gasteiger partial charge in [0.1, 0.15) is 29.7 Å². The third-order valence-electron chi connectivity index (χ3n) is 5.62. The van der Waals surface area contributed by atoms with Crippen molar-refractivity contribution in [3.05, 3.63) is 59.7 Å². The van der Waals surface area contributed by atoms with Crippen molar-refractivity contribution in [1.82, 2.24) is 10.2 Å². The van der Waals surface area contributed by atoms with Crippen LogP contribution in [0.15, 0.2) is 48.5 Å². The number of rotatable bonds is 7. The molecule has 2 amide bonds. The third-order valence-corrected chi connectivity index (χ3v) is 5.62. The molecule has 0 spiro atoms. The fourth-order valence-electron chi connectivity index (χ4n) is 3.46. The van der Waals surface area contributed by atoms with Crippen LogP contribution in [0.3, 0.4) is 0 Å². The Hall–Kier alpha value is -3.60. The maximum absolute atomic E-state index is 13.3. The molecular weight excluding hydrogens is 457 g/mol. The molecule has 8 nitrogen and oxygen atoms in total. The fourth-order valence-corrected chi connectivity index (χ4v) is 3.46. The highest BCUT2D eigenvalue weighted by Gasteiger charge is 2.45. The minimum absolute atomic E-state index is 0.00664. The first-order chi connectivity index (χ1) is 15.9. The maximum Gasteiger partial charge on any atom is 0.573 e. The Kier molecular flexibility index (Phi) is 7.15. The van der Waals surface area contributed by atoms with Gasteiger partial charge in [-0.2, -0.15) is 0 Å². The SMILES string of the molecule is CN(C(=O)C(Cc1ccc(O)cc1)NC(=O)c1ccc(OC(F)(F)F)cc1)C1(C)COCC1=O. The Morgan fingerprint density at radius 2 is 1.79 bits per heavy atom. The molecule has 0 bridgehead atoms. The van der Waals surface area contributed by atoms with Gasteiger partial charge < -0.3 is 24.8 Å². The number of phenols is 1. The summed E-state index contributed by atoms with van der Waals surface area (Å²) in [6.07, 6.45) is -4.83. The highest BCUT2D eigenvalue weighted by Crippen LogP contribution is 2.24. The second-order valence-electron chi connectivity index (χ2n) is 8.06. The van der Waals surface area contributed by atoms with Crippen LogP contribution in [0.2, 0.25) is 0 Å². The van der Waals surface area contributed by atoms with Gasteiger partial charge in [0.15, 0.2) is 5.78 Å². The summed E-state index contributed by atoms with van der Waals surface area (Å²) < 4.78 is 46.1. The first-order valence-corrected chi connectivity index (χ1v) is 10.2. The Morgan fingerprint density at radius 1 is 1.18 bits per heavy atom. The Bertz CT molecular complexity index is 1060. The molecule has 1 aliphatic rings. The number of aromatic hydroxyl groups is 1. The lowest BCUT2D eigenvalue weighted by molar-refractivity contribution is -0.274. The van der Waals surface area contributed by atoms with Crippen LogP contribution in [0, 0.1) is 0 Å². The number of benzene rings is 2. The van der Waals surface area contributed by atoms with Gasteiger partial charge in [0, 0.05) is 19.0 Å². The highest BCUT2D eigenvalue weighted by molar-refractivity contribution is 6.00. The molecule has 2 aromatic rings. The first kappa shape index (κ1) is 25.0. The van der Waals surface area contributed by atoms with Crippen LogP contribution in [0.5, 0.6) is 11.5 Å². The summed E-state index contributed by atoms with van der Waals surface area (Å²) in [7, 11) is 1.44. The van der Waals surface area contributed by atoms with Gasteiger partial charge in [0.05, 0.1) is 6.61 Å². The van der Waals surface area contributed by atoms with Crippen LogP contribution in [0.4, 0.5) is 13.2 Å². The predicted octanol–water partition coefficient (Wildman–Crippen LogP) is 2.45. The number of carbonyl (C=O) groups is 3. The molecule has 0 aromatic heterocycles. The second-order valence-corrected chi connectivity index (χ2v) is 8.06. The van der Waals surface area contributed by atoms with Gasteiger partial charge in [-0.05, 0) is 48.9 Å². The number of Topliss-reactive ketones (excluding diaryl/α,β-unsaturated/α-hetero) is 1. The van der Waals surface area contributed by atoms with E-state index in [1.807, 2.05) is 0 Å². The van der Waals surface area contributed by atoms with E-state index in [1.54, 1.807) is 19.1 Å². The van der Waals surface area contributed by atoms with E-state index in [2.05, 4.69) is 10.1 Å². The van der Waals surface area contributed by atoms with E-state index < -0.39 is 35.5 Å². The number of amides is 2. The largest absolute Gasteiger partial charge is 0.573 e. The van der Waals surface area contributed by atoms with Crippen LogP contribution in [0.1, 0.15) is 22.8 Å². The number of alkyl halides is 3. The van der Waals surface area contributed by atoms with E-state index in [4.69, 9.17) is 4.74 Å². The smallest absolute Gasteiger partial charge is 0.508 e. The molecule has 2 aromatic carbocycles. The van der Waals surface area contributed by atoms with Crippen LogP contribution in [-0.4, -0.2) is 65.8 Å². The van der Waals surface area contributed by atoms with Gasteiger partial charge in [-0.3, -0.25) is 14.4 Å². The van der Waals surface area contributed by atoms with Crippen molar-refractivity contribution in [2.45, 2.75) is 31.3 Å². The molecule has 2 unspecified atom stereocenters. The molecule has 2 atom stereocenters. The van der Waals surface area contributed by atoms with Crippen molar-refractivity contribution in [1.29, 1.82) is 0 Å². The van der Waals surface area contributed by atoms with E-state index in [0.29, 0.717) is 5.56 Å². The average molecular weight is 480 g/mol. The minimum Gasteiger partial charge on any atom is -0.508 e. The van der Waals surface area contributed by atoms with Crippen LogP contribution in [0.25, 0.3) is 0 Å². The summed E-state index contributed by atoms with van der Waals surface area (Å²) in [4.78, 5) is 39.7. The molecule has 0 saturated carbocycles. The lowest BCUT2D eigenvalue weighted by Gasteiger charge is -2.35. The van der Waals surface area contributed by atoms with Crippen molar-refractivity contribution < 1.29 is 42.1 Å². The quantitative estimate of drug-likeness (QED) is 0.631. The number of hydrogen-bond acceptors (Lipinski definition) is 6. The molecule has 1 heterocycles. The average Bonchev–Trinajstić information content (AvgIpc) is 3.12. The van der Waals surface area contributed by atoms with Crippen molar-refractivity contribution in [3.8, 4) is 11.5 Å². The summed E-state index contributed by atoms with van der Waals surface area (Å²) in [6.45, 7) is 1.45. The summed E-state index contributed by atoms with van der Waals surface area (Å²) in [5.41, 5.74) is -0.573. The number of ketones is 1. The van der Waals surface area contributed by atoms with Crippen LogP contribution in [-0.2, 0) is 20.7 Å². The number of likely N-dealkylation sites (N-methyl/N-ethyl adjacent to an activating group) is 1. The van der Waals surface area contributed by atoms with Crippen LogP contribution < -0.4 is 10.1 Å². The number of nitrogens with zero attached hydrogens (tertiary/aromatic N) is 1. The molecule has 11 heteroatoms. The summed E-state index contributed by atoms with van der Waals surface area (Å²) in [5, 5.41) is 12.1. The number of nitrogens with one attached hydrogen (secondary N) is 1. The van der Waals surface area contributed by atoms with Crippen molar-refractivity contribution >= 4 is 17.6 Å². The van der Waals surface area contributed by atoms with E-state index >= 15 is 0 Å². The Labute approximate surface area is 193 Å². The van der Waals surface area contributed by atoms with Crippen LogP contribution >= 0.6 is 0 Å². The van der Waals surface area contributed by atoms with Crippen molar-refractivity contribution in [3.63, 3.8) is 0 Å². The van der Waals surface area contributed by atoms with Gasteiger partial charge >= 0.3 is 6.36 Å². The molecule has 1 aliphatic heterocycles. The molecule has 182 valence electrons. The van der Waals surface area contributed by atoms with Gasteiger partial charge in [-0.25, -0.2) is 0 Å². The molecule has 2 N–H and O–H groups in total. The predicted molar refractivity (Wildman–Crippen MR) is 113 cm³/mol. The lowest BCUT2D eigenvalue weighted by Crippen LogP contribution is -2.58. The lowest BCUT2D eigenvalue weighted by atomic mass is 9.96. The fraction of sp³-hybridized carbons (Fsp3) is 0.348. The monoisotopic (exact) mass is 480 g/mol. The van der Waals surface area contributed by atoms with Gasteiger partial charge in [0.25, 0.3) is 5.91 Å². The zero-order valence-corrected chi connectivity index (χ0v) is 18.4. The van der Waals surface area contributed by atoms with Gasteiger partial charge in [-0.15, -0.1) is 13.2 Å². The number of hydrogen-bond donors (Lipinski definition) is 2. The molecule has 0 aliphatic carbocycles. The highest BCUT2D eigenvalue weighted by atomic mass is 19.4. The summed E-state index contributed by atoms with van der Waals surface area (Å²) >= 11 is 0. The number of carbonyl (C=O) groups excluding carboxylic acids is 3. The standard InChI is InChI=1S/C23H23F3N2O6/c1-22(13-33-12-19(22)30)28(2)21(32)18(11-14-3-7-16(29)8-4-14)27-20(31)15-5-9-17(10-6-15)34-23(24,25)26/h3-10,18,29H,11-13H2,1-2H3,(H,27,31). The van der Waals surface area contributed by atoms with E-state index in [-0.39, 0.29) is 36.7 Å². The molecule has 1 fully saturated rings. The third kappa shape index (κ3) is 5.84. The molecule has 3 rings (SSSR count). The zero-order valence-electron chi connectivity index (χ0n) is 18.4. The topological polar surface area (TPSA) is 105 Å². The summed E-state index contributed by atoms with van der Waals surface area (Å²) in [6, 6.07) is 9.15. The second kappa shape index (κ2) is 9.72. The molecule has 34 heavy (non-hydrogen) atoms. The Balaban J connectivity index is 1.81. The van der Waals surface area contributed by atoms with Crippen molar-refractivity contribution in [2.24, 2.45) is 0 Å². The molecule has 0 radical (unpaired) electrons. The molecule has 1 saturated heterocycles. The minimum atomic E-state index is -4.87. The van der Waals surface area contributed by atoms with Gasteiger partial charge in [0.2, 0.25) is 5.91 Å². The first-order valence-electron chi connectivity index (χ1n) is 10.2. The van der Waals surface area contributed by atoms with Gasteiger partial charge in [-0.1, -0.05) is 12.1 Å². The normalized spacial score (nSPS) is 18.9. The molecular formula is C23H23F3N2O6. The number of halogens is 3. The zero-order chi connectivity index (χ0) is 25.1. The van der Waals surface area contributed by atoms with E-state index in [1.165, 1.54) is 24.1 Å². The Morgan fingerprint density at radius 3 is 2.32 bits per heavy atom.